The van der Waals surface area contributed by atoms with Gasteiger partial charge in [-0.15, -0.1) is 12.4 Å². The van der Waals surface area contributed by atoms with Crippen LogP contribution in [0.5, 0.6) is 0 Å². The average molecular weight is 287 g/mol. The SMILES string of the molecule is CCCCC(CN)NC(=O)C(C)S(C)(=O)=O.Cl. The van der Waals surface area contributed by atoms with Gasteiger partial charge in [0.15, 0.2) is 9.84 Å². The number of carbonyl (C=O) groups is 1. The van der Waals surface area contributed by atoms with Crippen LogP contribution in [0.25, 0.3) is 0 Å². The van der Waals surface area contributed by atoms with Crippen LogP contribution in [0.4, 0.5) is 0 Å². The van der Waals surface area contributed by atoms with Crippen molar-refractivity contribution in [3.8, 4) is 0 Å². The Morgan fingerprint density at radius 3 is 2.29 bits per heavy atom. The van der Waals surface area contributed by atoms with E-state index in [0.29, 0.717) is 6.54 Å². The lowest BCUT2D eigenvalue weighted by molar-refractivity contribution is -0.121. The third-order valence-electron chi connectivity index (χ3n) is 2.55. The van der Waals surface area contributed by atoms with E-state index in [9.17, 15) is 13.2 Å². The van der Waals surface area contributed by atoms with E-state index >= 15 is 0 Å². The molecule has 0 heterocycles. The number of sulfone groups is 1. The second-order valence-electron chi connectivity index (χ2n) is 4.06. The highest BCUT2D eigenvalue weighted by molar-refractivity contribution is 7.92. The van der Waals surface area contributed by atoms with E-state index in [1.54, 1.807) is 0 Å². The minimum Gasteiger partial charge on any atom is -0.351 e. The molecule has 0 aromatic rings. The molecule has 0 radical (unpaired) electrons. The van der Waals surface area contributed by atoms with Gasteiger partial charge >= 0.3 is 0 Å². The lowest BCUT2D eigenvalue weighted by Gasteiger charge is -2.18. The summed E-state index contributed by atoms with van der Waals surface area (Å²) in [4.78, 5) is 11.6. The molecule has 0 rings (SSSR count). The van der Waals surface area contributed by atoms with Gasteiger partial charge in [-0.2, -0.15) is 0 Å². The number of halogens is 1. The van der Waals surface area contributed by atoms with Crippen molar-refractivity contribution in [3.05, 3.63) is 0 Å². The molecule has 2 unspecified atom stereocenters. The minimum absolute atomic E-state index is 0. The maximum absolute atomic E-state index is 11.6. The fourth-order valence-electron chi connectivity index (χ4n) is 1.21. The second-order valence-corrected chi connectivity index (χ2v) is 6.42. The van der Waals surface area contributed by atoms with Crippen LogP contribution < -0.4 is 11.1 Å². The molecule has 0 aliphatic heterocycles. The van der Waals surface area contributed by atoms with Crippen molar-refractivity contribution >= 4 is 28.2 Å². The highest BCUT2D eigenvalue weighted by Gasteiger charge is 2.24. The molecule has 0 aliphatic carbocycles. The van der Waals surface area contributed by atoms with Crippen LogP contribution in [0.2, 0.25) is 0 Å². The summed E-state index contributed by atoms with van der Waals surface area (Å²) >= 11 is 0. The zero-order valence-electron chi connectivity index (χ0n) is 10.6. The van der Waals surface area contributed by atoms with Crippen LogP contribution >= 0.6 is 12.4 Å². The molecular formula is C10H23ClN2O3S. The van der Waals surface area contributed by atoms with Crippen molar-refractivity contribution in [2.75, 3.05) is 12.8 Å². The molecular weight excluding hydrogens is 264 g/mol. The second kappa shape index (κ2) is 8.72. The molecule has 17 heavy (non-hydrogen) atoms. The Morgan fingerprint density at radius 2 is 1.94 bits per heavy atom. The Balaban J connectivity index is 0. The van der Waals surface area contributed by atoms with E-state index in [1.165, 1.54) is 6.92 Å². The molecule has 5 nitrogen and oxygen atoms in total. The summed E-state index contributed by atoms with van der Waals surface area (Å²) in [5.41, 5.74) is 5.51. The Hall–Kier alpha value is -0.330. The molecule has 1 amide bonds. The van der Waals surface area contributed by atoms with Crippen molar-refractivity contribution in [2.24, 2.45) is 5.73 Å². The molecule has 0 aromatic heterocycles. The standard InChI is InChI=1S/C10H22N2O3S.ClH/c1-4-5-6-9(7-11)12-10(13)8(2)16(3,14)15;/h8-9H,4-7,11H2,1-3H3,(H,12,13);1H. The molecule has 0 saturated carbocycles. The first-order valence-electron chi connectivity index (χ1n) is 5.52. The monoisotopic (exact) mass is 286 g/mol. The van der Waals surface area contributed by atoms with Crippen molar-refractivity contribution in [1.29, 1.82) is 0 Å². The van der Waals surface area contributed by atoms with Crippen LogP contribution in [0.1, 0.15) is 33.1 Å². The Bertz CT molecular complexity index is 320. The van der Waals surface area contributed by atoms with Gasteiger partial charge in [-0.05, 0) is 13.3 Å². The number of carbonyl (C=O) groups excluding carboxylic acids is 1. The van der Waals surface area contributed by atoms with Crippen molar-refractivity contribution in [3.63, 3.8) is 0 Å². The topological polar surface area (TPSA) is 89.3 Å². The summed E-state index contributed by atoms with van der Waals surface area (Å²) in [6.07, 6.45) is 3.83. The predicted octanol–water partition coefficient (Wildman–Crippen LogP) is 0.475. The number of hydrogen-bond acceptors (Lipinski definition) is 4. The third-order valence-corrected chi connectivity index (χ3v) is 4.05. The van der Waals surface area contributed by atoms with Crippen molar-refractivity contribution in [1.82, 2.24) is 5.32 Å². The summed E-state index contributed by atoms with van der Waals surface area (Å²) in [6, 6.07) is -0.128. The smallest absolute Gasteiger partial charge is 0.238 e. The van der Waals surface area contributed by atoms with Crippen molar-refractivity contribution in [2.45, 2.75) is 44.4 Å². The first-order valence-corrected chi connectivity index (χ1v) is 7.47. The minimum atomic E-state index is -3.33. The lowest BCUT2D eigenvalue weighted by atomic mass is 10.1. The quantitative estimate of drug-likeness (QED) is 0.712. The molecule has 0 fully saturated rings. The highest BCUT2D eigenvalue weighted by Crippen LogP contribution is 2.02. The van der Waals surface area contributed by atoms with Gasteiger partial charge in [-0.1, -0.05) is 19.8 Å². The fraction of sp³-hybridized carbons (Fsp3) is 0.900. The summed E-state index contributed by atoms with van der Waals surface area (Å²) in [6.45, 7) is 3.77. The van der Waals surface area contributed by atoms with Gasteiger partial charge in [0, 0.05) is 18.8 Å². The predicted molar refractivity (Wildman–Crippen MR) is 72.1 cm³/mol. The highest BCUT2D eigenvalue weighted by atomic mass is 35.5. The normalized spacial score (nSPS) is 14.6. The molecule has 104 valence electrons. The van der Waals surface area contributed by atoms with E-state index in [0.717, 1.165) is 25.5 Å². The van der Waals surface area contributed by atoms with E-state index in [4.69, 9.17) is 5.73 Å². The van der Waals surface area contributed by atoms with Crippen LogP contribution in [0, 0.1) is 0 Å². The number of rotatable bonds is 7. The summed E-state index contributed by atoms with van der Waals surface area (Å²) in [5.74, 6) is -0.464. The molecule has 7 heteroatoms. The Labute approximate surface area is 110 Å². The fourth-order valence-corrected chi connectivity index (χ4v) is 1.67. The molecule has 3 N–H and O–H groups in total. The molecule has 2 atom stereocenters. The zero-order valence-corrected chi connectivity index (χ0v) is 12.2. The number of nitrogens with two attached hydrogens (primary N) is 1. The van der Waals surface area contributed by atoms with Crippen LogP contribution in [-0.4, -0.2) is 38.4 Å². The van der Waals surface area contributed by atoms with E-state index in [1.807, 2.05) is 0 Å². The van der Waals surface area contributed by atoms with E-state index in [2.05, 4.69) is 12.2 Å². The molecule has 0 bridgehead atoms. The third kappa shape index (κ3) is 7.57. The number of unbranched alkanes of at least 4 members (excludes halogenated alkanes) is 1. The zero-order chi connectivity index (χ0) is 12.8. The van der Waals surface area contributed by atoms with Gasteiger partial charge in [-0.3, -0.25) is 4.79 Å². The van der Waals surface area contributed by atoms with Crippen LogP contribution in [0.15, 0.2) is 0 Å². The maximum atomic E-state index is 11.6. The summed E-state index contributed by atoms with van der Waals surface area (Å²) in [5, 5.41) is 1.65. The van der Waals surface area contributed by atoms with Crippen molar-refractivity contribution < 1.29 is 13.2 Å². The number of amides is 1. The lowest BCUT2D eigenvalue weighted by Crippen LogP contribution is -2.46. The van der Waals surface area contributed by atoms with Crippen LogP contribution in [-0.2, 0) is 14.6 Å². The number of hydrogen-bond donors (Lipinski definition) is 2. The molecule has 0 aliphatic rings. The van der Waals surface area contributed by atoms with Gasteiger partial charge in [-0.25, -0.2) is 8.42 Å². The Morgan fingerprint density at radius 1 is 1.41 bits per heavy atom. The first kappa shape index (κ1) is 19.0. The largest absolute Gasteiger partial charge is 0.351 e. The summed E-state index contributed by atoms with van der Waals surface area (Å²) in [7, 11) is -3.33. The Kier molecular flexibility index (Phi) is 9.75. The van der Waals surface area contributed by atoms with Gasteiger partial charge in [0.05, 0.1) is 0 Å². The van der Waals surface area contributed by atoms with E-state index < -0.39 is 21.0 Å². The maximum Gasteiger partial charge on any atom is 0.238 e. The van der Waals surface area contributed by atoms with Crippen LogP contribution in [0.3, 0.4) is 0 Å². The molecule has 0 spiro atoms. The summed E-state index contributed by atoms with van der Waals surface area (Å²) < 4.78 is 22.3. The number of nitrogens with one attached hydrogen (secondary N) is 1. The molecule has 0 saturated heterocycles. The van der Waals surface area contributed by atoms with Gasteiger partial charge in [0.1, 0.15) is 5.25 Å². The first-order chi connectivity index (χ1) is 7.32. The van der Waals surface area contributed by atoms with Gasteiger partial charge < -0.3 is 11.1 Å². The van der Waals surface area contributed by atoms with Gasteiger partial charge in [0.2, 0.25) is 5.91 Å². The van der Waals surface area contributed by atoms with Gasteiger partial charge in [0.25, 0.3) is 0 Å². The molecule has 0 aromatic carbocycles. The average Bonchev–Trinajstić information content (AvgIpc) is 2.21. The van der Waals surface area contributed by atoms with E-state index in [-0.39, 0.29) is 18.4 Å².